The Labute approximate surface area is 87.7 Å². The van der Waals surface area contributed by atoms with Gasteiger partial charge in [0.25, 0.3) is 0 Å². The summed E-state index contributed by atoms with van der Waals surface area (Å²) >= 11 is 0. The van der Waals surface area contributed by atoms with E-state index in [1.54, 1.807) is 0 Å². The van der Waals surface area contributed by atoms with Crippen molar-refractivity contribution < 1.29 is 24.5 Å². The van der Waals surface area contributed by atoms with Gasteiger partial charge in [0, 0.05) is 18.6 Å². The van der Waals surface area contributed by atoms with Crippen LogP contribution in [0.3, 0.4) is 0 Å². The van der Waals surface area contributed by atoms with Crippen molar-refractivity contribution >= 4 is 11.9 Å². The van der Waals surface area contributed by atoms with E-state index in [0.717, 1.165) is 12.2 Å². The maximum atomic E-state index is 10.9. The molecule has 0 saturated heterocycles. The average Bonchev–Trinajstić information content (AvgIpc) is 2.12. The van der Waals surface area contributed by atoms with Crippen LogP contribution in [0.1, 0.15) is 19.8 Å². The van der Waals surface area contributed by atoms with Crippen molar-refractivity contribution in [2.45, 2.75) is 26.1 Å². The minimum Gasteiger partial charge on any atom is -0.478 e. The normalized spacial score (nSPS) is 13.2. The van der Waals surface area contributed by atoms with Crippen molar-refractivity contribution in [2.75, 3.05) is 0 Å². The van der Waals surface area contributed by atoms with Crippen molar-refractivity contribution in [1.82, 2.24) is 0 Å². The first-order valence-electron chi connectivity index (χ1n) is 4.52. The fourth-order valence-electron chi connectivity index (χ4n) is 0.751. The Balaban J connectivity index is 3.87. The number of aliphatic carboxylic acids is 1. The quantitative estimate of drug-likeness (QED) is 0.296. The second-order valence-electron chi connectivity index (χ2n) is 2.74. The molecule has 0 aliphatic rings. The molecule has 1 unspecified atom stereocenters. The van der Waals surface area contributed by atoms with Gasteiger partial charge in [-0.15, -0.1) is 0 Å². The molecule has 15 heavy (non-hydrogen) atoms. The summed E-state index contributed by atoms with van der Waals surface area (Å²) in [5.74, 6) is -1.80. The number of hydrogen-bond donors (Lipinski definition) is 2. The van der Waals surface area contributed by atoms with Crippen LogP contribution in [0.4, 0.5) is 0 Å². The highest BCUT2D eigenvalue weighted by Gasteiger charge is 2.05. The van der Waals surface area contributed by atoms with E-state index >= 15 is 0 Å². The molecule has 0 aromatic rings. The van der Waals surface area contributed by atoms with Crippen LogP contribution in [-0.4, -0.2) is 28.4 Å². The van der Waals surface area contributed by atoms with E-state index in [1.165, 1.54) is 12.2 Å². The number of rotatable bonds is 6. The molecule has 5 heteroatoms. The number of allylic oxidation sites excluding steroid dienone is 2. The lowest BCUT2D eigenvalue weighted by molar-refractivity contribution is -0.162. The molecular weight excluding hydrogens is 200 g/mol. The number of aliphatic hydroxyl groups is 1. The predicted molar refractivity (Wildman–Crippen MR) is 52.9 cm³/mol. The summed E-state index contributed by atoms with van der Waals surface area (Å²) in [5.41, 5.74) is 0. The van der Waals surface area contributed by atoms with Crippen LogP contribution in [0.25, 0.3) is 0 Å². The van der Waals surface area contributed by atoms with E-state index in [0.29, 0.717) is 12.8 Å². The van der Waals surface area contributed by atoms with E-state index < -0.39 is 18.2 Å². The van der Waals surface area contributed by atoms with Crippen molar-refractivity contribution in [1.29, 1.82) is 0 Å². The Morgan fingerprint density at radius 1 is 1.33 bits per heavy atom. The minimum atomic E-state index is -1.10. The highest BCUT2D eigenvalue weighted by Crippen LogP contribution is 1.98. The Morgan fingerprint density at radius 3 is 2.47 bits per heavy atom. The number of carbonyl (C=O) groups is 2. The Morgan fingerprint density at radius 2 is 1.93 bits per heavy atom. The molecule has 0 aromatic heterocycles. The predicted octanol–water partition coefficient (Wildman–Crippen LogP) is 0.845. The van der Waals surface area contributed by atoms with Gasteiger partial charge in [-0.1, -0.05) is 25.5 Å². The van der Waals surface area contributed by atoms with Gasteiger partial charge in [0.15, 0.2) is 0 Å². The average molecular weight is 214 g/mol. The summed E-state index contributed by atoms with van der Waals surface area (Å²) in [6.45, 7) is 1.85. The van der Waals surface area contributed by atoms with E-state index in [2.05, 4.69) is 4.74 Å². The van der Waals surface area contributed by atoms with Gasteiger partial charge < -0.3 is 14.9 Å². The third-order valence-corrected chi connectivity index (χ3v) is 1.37. The number of esters is 1. The van der Waals surface area contributed by atoms with Crippen LogP contribution in [0.5, 0.6) is 0 Å². The molecule has 0 aliphatic heterocycles. The first-order chi connectivity index (χ1) is 7.06. The first kappa shape index (κ1) is 13.4. The topological polar surface area (TPSA) is 83.8 Å². The minimum absolute atomic E-state index is 0.380. The molecule has 0 heterocycles. The van der Waals surface area contributed by atoms with Gasteiger partial charge in [0.1, 0.15) is 0 Å². The molecule has 0 rings (SSSR count). The number of hydrogen-bond acceptors (Lipinski definition) is 4. The van der Waals surface area contributed by atoms with Gasteiger partial charge in [0.2, 0.25) is 6.29 Å². The number of carboxylic acid groups (broad SMARTS) is 1. The summed E-state index contributed by atoms with van der Waals surface area (Å²) in [6, 6.07) is 0. The summed E-state index contributed by atoms with van der Waals surface area (Å²) in [4.78, 5) is 21.0. The molecule has 84 valence electrons. The number of ether oxygens (including phenoxy) is 1. The van der Waals surface area contributed by atoms with Gasteiger partial charge in [0.05, 0.1) is 0 Å². The van der Waals surface area contributed by atoms with Crippen molar-refractivity contribution in [2.24, 2.45) is 0 Å². The van der Waals surface area contributed by atoms with Crippen LogP contribution in [-0.2, 0) is 14.3 Å². The van der Waals surface area contributed by atoms with Gasteiger partial charge in [-0.05, 0) is 0 Å². The van der Waals surface area contributed by atoms with E-state index in [9.17, 15) is 9.59 Å². The SMILES string of the molecule is CCCC(O)OC(=O)C=CC=CC(=O)O. The van der Waals surface area contributed by atoms with Crippen LogP contribution < -0.4 is 0 Å². The van der Waals surface area contributed by atoms with Gasteiger partial charge in [-0.2, -0.15) is 0 Å². The zero-order chi connectivity index (χ0) is 11.7. The maximum Gasteiger partial charge on any atom is 0.333 e. The monoisotopic (exact) mass is 214 g/mol. The molecule has 0 aromatic carbocycles. The van der Waals surface area contributed by atoms with Gasteiger partial charge in [-0.3, -0.25) is 0 Å². The molecular formula is C10H14O5. The Bertz CT molecular complexity index is 267. The van der Waals surface area contributed by atoms with Crippen LogP contribution in [0.2, 0.25) is 0 Å². The van der Waals surface area contributed by atoms with E-state index in [1.807, 2.05) is 6.92 Å². The van der Waals surface area contributed by atoms with Crippen LogP contribution in [0, 0.1) is 0 Å². The molecule has 0 aliphatic carbocycles. The van der Waals surface area contributed by atoms with Crippen LogP contribution >= 0.6 is 0 Å². The lowest BCUT2D eigenvalue weighted by atomic mass is 10.3. The standard InChI is InChI=1S/C10H14O5/c1-2-5-9(13)15-10(14)7-4-3-6-8(11)12/h3-4,6-7,9,13H,2,5H2,1H3,(H,11,12). The molecule has 0 spiro atoms. The van der Waals surface area contributed by atoms with E-state index in [-0.39, 0.29) is 0 Å². The Kier molecular flexibility index (Phi) is 6.92. The maximum absolute atomic E-state index is 10.9. The third-order valence-electron chi connectivity index (χ3n) is 1.37. The Hall–Kier alpha value is -1.62. The second-order valence-corrected chi connectivity index (χ2v) is 2.74. The summed E-state index contributed by atoms with van der Waals surface area (Å²) in [5, 5.41) is 17.3. The van der Waals surface area contributed by atoms with Gasteiger partial charge >= 0.3 is 11.9 Å². The van der Waals surface area contributed by atoms with E-state index in [4.69, 9.17) is 10.2 Å². The van der Waals surface area contributed by atoms with Crippen LogP contribution in [0.15, 0.2) is 24.3 Å². The molecule has 5 nitrogen and oxygen atoms in total. The fourth-order valence-corrected chi connectivity index (χ4v) is 0.751. The van der Waals surface area contributed by atoms with Crippen molar-refractivity contribution in [3.8, 4) is 0 Å². The molecule has 2 N–H and O–H groups in total. The molecule has 0 radical (unpaired) electrons. The largest absolute Gasteiger partial charge is 0.478 e. The van der Waals surface area contributed by atoms with Crippen molar-refractivity contribution in [3.63, 3.8) is 0 Å². The third kappa shape index (κ3) is 8.70. The summed E-state index contributed by atoms with van der Waals surface area (Å²) in [7, 11) is 0. The number of carboxylic acids is 1. The summed E-state index contributed by atoms with van der Waals surface area (Å²) < 4.78 is 4.55. The smallest absolute Gasteiger partial charge is 0.333 e. The zero-order valence-electron chi connectivity index (χ0n) is 8.42. The molecule has 0 bridgehead atoms. The van der Waals surface area contributed by atoms with Gasteiger partial charge in [-0.25, -0.2) is 9.59 Å². The highest BCUT2D eigenvalue weighted by atomic mass is 16.6. The summed E-state index contributed by atoms with van der Waals surface area (Å²) in [6.07, 6.45) is 4.33. The second kappa shape index (κ2) is 7.75. The molecule has 0 amide bonds. The fraction of sp³-hybridized carbons (Fsp3) is 0.400. The highest BCUT2D eigenvalue weighted by molar-refractivity contribution is 5.83. The number of carbonyl (C=O) groups excluding carboxylic acids is 1. The zero-order valence-corrected chi connectivity index (χ0v) is 8.42. The van der Waals surface area contributed by atoms with Crippen molar-refractivity contribution in [3.05, 3.63) is 24.3 Å². The molecule has 0 saturated carbocycles. The number of aliphatic hydroxyl groups excluding tert-OH is 1. The first-order valence-corrected chi connectivity index (χ1v) is 4.52. The lowest BCUT2D eigenvalue weighted by Gasteiger charge is -2.08. The molecule has 1 atom stereocenters. The lowest BCUT2D eigenvalue weighted by Crippen LogP contribution is -2.15. The molecule has 0 fully saturated rings.